The first-order valence-corrected chi connectivity index (χ1v) is 3.95. The SMILES string of the molecule is OC(c1ccccc1)n1cncn1. The van der Waals surface area contributed by atoms with Gasteiger partial charge in [0.2, 0.25) is 0 Å². The van der Waals surface area contributed by atoms with Gasteiger partial charge in [-0.25, -0.2) is 9.67 Å². The number of hydrogen-bond acceptors (Lipinski definition) is 3. The van der Waals surface area contributed by atoms with Gasteiger partial charge >= 0.3 is 0 Å². The minimum atomic E-state index is -0.747. The maximum absolute atomic E-state index is 9.74. The van der Waals surface area contributed by atoms with Crippen LogP contribution in [0.25, 0.3) is 0 Å². The zero-order chi connectivity index (χ0) is 9.10. The van der Waals surface area contributed by atoms with Crippen LogP contribution >= 0.6 is 0 Å². The van der Waals surface area contributed by atoms with Gasteiger partial charge in [0.25, 0.3) is 0 Å². The van der Waals surface area contributed by atoms with Gasteiger partial charge in [-0.2, -0.15) is 5.10 Å². The van der Waals surface area contributed by atoms with E-state index in [1.54, 1.807) is 0 Å². The topological polar surface area (TPSA) is 50.9 Å². The number of aliphatic hydroxyl groups is 1. The van der Waals surface area contributed by atoms with Gasteiger partial charge in [-0.1, -0.05) is 30.3 Å². The third kappa shape index (κ3) is 1.57. The number of aromatic nitrogens is 3. The lowest BCUT2D eigenvalue weighted by Gasteiger charge is -2.09. The van der Waals surface area contributed by atoms with Crippen LogP contribution in [-0.4, -0.2) is 19.9 Å². The Kier molecular flexibility index (Phi) is 2.06. The normalized spacial score (nSPS) is 12.7. The summed E-state index contributed by atoms with van der Waals surface area (Å²) in [5, 5.41) is 13.6. The molecule has 2 aromatic rings. The summed E-state index contributed by atoms with van der Waals surface area (Å²) in [6, 6.07) is 9.32. The molecule has 0 aliphatic heterocycles. The molecule has 0 radical (unpaired) electrons. The average Bonchev–Trinajstić information content (AvgIpc) is 2.71. The molecule has 1 N–H and O–H groups in total. The van der Waals surface area contributed by atoms with Gasteiger partial charge in [0.1, 0.15) is 12.7 Å². The summed E-state index contributed by atoms with van der Waals surface area (Å²) in [4.78, 5) is 3.76. The van der Waals surface area contributed by atoms with Crippen molar-refractivity contribution in [3.63, 3.8) is 0 Å². The number of benzene rings is 1. The molecular weight excluding hydrogens is 166 g/mol. The summed E-state index contributed by atoms with van der Waals surface area (Å²) in [6.07, 6.45) is 2.13. The van der Waals surface area contributed by atoms with E-state index in [0.29, 0.717) is 0 Å². The lowest BCUT2D eigenvalue weighted by molar-refractivity contribution is 0.131. The van der Waals surface area contributed by atoms with Crippen molar-refractivity contribution >= 4 is 0 Å². The van der Waals surface area contributed by atoms with Crippen molar-refractivity contribution < 1.29 is 5.11 Å². The quantitative estimate of drug-likeness (QED) is 0.735. The Hall–Kier alpha value is -1.68. The zero-order valence-corrected chi connectivity index (χ0v) is 6.91. The van der Waals surface area contributed by atoms with Crippen molar-refractivity contribution in [3.8, 4) is 0 Å². The average molecular weight is 175 g/mol. The Balaban J connectivity index is 2.29. The first kappa shape index (κ1) is 7.94. The predicted molar refractivity (Wildman–Crippen MR) is 46.8 cm³/mol. The predicted octanol–water partition coefficient (Wildman–Crippen LogP) is 0.817. The third-order valence-corrected chi connectivity index (χ3v) is 1.78. The van der Waals surface area contributed by atoms with Crippen LogP contribution in [0.5, 0.6) is 0 Å². The number of hydrogen-bond donors (Lipinski definition) is 1. The zero-order valence-electron chi connectivity index (χ0n) is 6.91. The fourth-order valence-corrected chi connectivity index (χ4v) is 1.12. The monoisotopic (exact) mass is 175 g/mol. The summed E-state index contributed by atoms with van der Waals surface area (Å²) in [5.41, 5.74) is 0.799. The molecule has 1 unspecified atom stereocenters. The van der Waals surface area contributed by atoms with Gasteiger partial charge in [-0.15, -0.1) is 0 Å². The van der Waals surface area contributed by atoms with Gasteiger partial charge in [0, 0.05) is 5.56 Å². The Morgan fingerprint density at radius 2 is 2.00 bits per heavy atom. The first-order chi connectivity index (χ1) is 6.38. The Morgan fingerprint density at radius 1 is 1.23 bits per heavy atom. The fourth-order valence-electron chi connectivity index (χ4n) is 1.12. The van der Waals surface area contributed by atoms with Crippen LogP contribution in [0.15, 0.2) is 43.0 Å². The highest BCUT2D eigenvalue weighted by Crippen LogP contribution is 2.12. The van der Waals surface area contributed by atoms with Crippen LogP contribution in [0.1, 0.15) is 11.8 Å². The standard InChI is InChI=1S/C9H9N3O/c13-9(12-7-10-6-11-12)8-4-2-1-3-5-8/h1-7,9,13H. The van der Waals surface area contributed by atoms with E-state index in [4.69, 9.17) is 0 Å². The maximum Gasteiger partial charge on any atom is 0.174 e. The Bertz CT molecular complexity index is 358. The van der Waals surface area contributed by atoms with E-state index in [1.165, 1.54) is 17.3 Å². The minimum absolute atomic E-state index is 0.747. The van der Waals surface area contributed by atoms with Crippen LogP contribution in [0.4, 0.5) is 0 Å². The van der Waals surface area contributed by atoms with E-state index in [1.807, 2.05) is 30.3 Å². The van der Waals surface area contributed by atoms with E-state index in [-0.39, 0.29) is 0 Å². The van der Waals surface area contributed by atoms with Crippen molar-refractivity contribution in [2.24, 2.45) is 0 Å². The highest BCUT2D eigenvalue weighted by atomic mass is 16.3. The van der Waals surface area contributed by atoms with E-state index in [9.17, 15) is 5.11 Å². The molecule has 0 bridgehead atoms. The molecule has 1 aromatic heterocycles. The molecule has 66 valence electrons. The molecule has 0 saturated carbocycles. The first-order valence-electron chi connectivity index (χ1n) is 3.95. The molecule has 0 spiro atoms. The second kappa shape index (κ2) is 3.37. The fraction of sp³-hybridized carbons (Fsp3) is 0.111. The van der Waals surface area contributed by atoms with Crippen molar-refractivity contribution in [1.29, 1.82) is 0 Å². The van der Waals surface area contributed by atoms with Gasteiger partial charge in [0.05, 0.1) is 0 Å². The molecule has 1 heterocycles. The van der Waals surface area contributed by atoms with Crippen LogP contribution in [0.3, 0.4) is 0 Å². The summed E-state index contributed by atoms with van der Waals surface area (Å²) in [5.74, 6) is 0. The van der Waals surface area contributed by atoms with Gasteiger partial charge in [-0.05, 0) is 0 Å². The summed E-state index contributed by atoms with van der Waals surface area (Å²) >= 11 is 0. The molecule has 1 aromatic carbocycles. The Morgan fingerprint density at radius 3 is 2.62 bits per heavy atom. The molecule has 0 saturated heterocycles. The van der Waals surface area contributed by atoms with Crippen LogP contribution < -0.4 is 0 Å². The van der Waals surface area contributed by atoms with Crippen LogP contribution in [0.2, 0.25) is 0 Å². The van der Waals surface area contributed by atoms with Gasteiger partial charge in [-0.3, -0.25) is 0 Å². The summed E-state index contributed by atoms with van der Waals surface area (Å²) in [6.45, 7) is 0. The molecule has 0 aliphatic carbocycles. The van der Waals surface area contributed by atoms with E-state index in [0.717, 1.165) is 5.56 Å². The molecule has 13 heavy (non-hydrogen) atoms. The molecule has 0 aliphatic rings. The van der Waals surface area contributed by atoms with Crippen molar-refractivity contribution in [2.75, 3.05) is 0 Å². The van der Waals surface area contributed by atoms with Crippen molar-refractivity contribution in [1.82, 2.24) is 14.8 Å². The molecular formula is C9H9N3O. The molecule has 0 amide bonds. The molecule has 1 atom stereocenters. The van der Waals surface area contributed by atoms with Gasteiger partial charge < -0.3 is 5.11 Å². The number of aliphatic hydroxyl groups excluding tert-OH is 1. The molecule has 0 fully saturated rings. The minimum Gasteiger partial charge on any atom is -0.368 e. The molecule has 4 nitrogen and oxygen atoms in total. The third-order valence-electron chi connectivity index (χ3n) is 1.78. The molecule has 4 heteroatoms. The van der Waals surface area contributed by atoms with Crippen LogP contribution in [0, 0.1) is 0 Å². The number of rotatable bonds is 2. The van der Waals surface area contributed by atoms with E-state index < -0.39 is 6.23 Å². The smallest absolute Gasteiger partial charge is 0.174 e. The highest BCUT2D eigenvalue weighted by molar-refractivity contribution is 5.16. The second-order valence-corrected chi connectivity index (χ2v) is 2.66. The number of nitrogens with zero attached hydrogens (tertiary/aromatic N) is 3. The summed E-state index contributed by atoms with van der Waals surface area (Å²) < 4.78 is 1.40. The van der Waals surface area contributed by atoms with Crippen LogP contribution in [-0.2, 0) is 0 Å². The largest absolute Gasteiger partial charge is 0.368 e. The van der Waals surface area contributed by atoms with E-state index in [2.05, 4.69) is 10.1 Å². The second-order valence-electron chi connectivity index (χ2n) is 2.66. The summed E-state index contributed by atoms with van der Waals surface area (Å²) in [7, 11) is 0. The Labute approximate surface area is 75.5 Å². The maximum atomic E-state index is 9.74. The lowest BCUT2D eigenvalue weighted by atomic mass is 10.2. The van der Waals surface area contributed by atoms with E-state index >= 15 is 0 Å². The van der Waals surface area contributed by atoms with Crippen molar-refractivity contribution in [3.05, 3.63) is 48.5 Å². The highest BCUT2D eigenvalue weighted by Gasteiger charge is 2.07. The van der Waals surface area contributed by atoms with Crippen molar-refractivity contribution in [2.45, 2.75) is 6.23 Å². The van der Waals surface area contributed by atoms with Gasteiger partial charge in [0.15, 0.2) is 6.23 Å². The molecule has 2 rings (SSSR count). The lowest BCUT2D eigenvalue weighted by Crippen LogP contribution is -2.09.